The van der Waals surface area contributed by atoms with Crippen molar-refractivity contribution in [1.29, 1.82) is 0 Å². The number of cyclic esters (lactones) is 1. The molecule has 2 aliphatic heterocycles. The Kier molecular flexibility index (Phi) is 5.00. The molecule has 2 aliphatic rings. The number of halogens is 1. The van der Waals surface area contributed by atoms with Crippen LogP contribution in [0.25, 0.3) is 11.1 Å². The number of carbonyl (C=O) groups excluding carboxylic acids is 1. The number of esters is 1. The van der Waals surface area contributed by atoms with Crippen LogP contribution >= 0.6 is 12.4 Å². The van der Waals surface area contributed by atoms with Gasteiger partial charge in [0.25, 0.3) is 0 Å². The third kappa shape index (κ3) is 3.33. The summed E-state index contributed by atoms with van der Waals surface area (Å²) in [5.74, 6) is 0.801. The van der Waals surface area contributed by atoms with Gasteiger partial charge in [-0.2, -0.15) is 0 Å². The molecular formula is C20H20ClN5O2. The number of fused-ring (bicyclic) bond motifs is 1. The monoisotopic (exact) mass is 397 g/mol. The predicted octanol–water partition coefficient (Wildman–Crippen LogP) is 2.42. The summed E-state index contributed by atoms with van der Waals surface area (Å²) in [5.41, 5.74) is 3.51. The quantitative estimate of drug-likeness (QED) is 0.629. The van der Waals surface area contributed by atoms with E-state index in [1.54, 1.807) is 4.68 Å². The van der Waals surface area contributed by atoms with Crippen LogP contribution in [0.3, 0.4) is 0 Å². The Labute approximate surface area is 168 Å². The standard InChI is InChI=1S/C20H19N5O2.ClH/c26-19-18-12-24(11-17(18)13-27-19)20-21-22-23-25(20)10-14-6-8-16(9-7-14)15-4-2-1-3-5-15;/h1-9,17-18H,10-13H2;1H/t17-,18-;/m1./s1. The van der Waals surface area contributed by atoms with E-state index in [-0.39, 0.29) is 30.2 Å². The largest absolute Gasteiger partial charge is 0.465 e. The lowest BCUT2D eigenvalue weighted by atomic mass is 10.0. The van der Waals surface area contributed by atoms with Gasteiger partial charge in [-0.25, -0.2) is 4.68 Å². The number of hydrogen-bond donors (Lipinski definition) is 0. The minimum atomic E-state index is -0.0991. The number of tetrazole rings is 1. The van der Waals surface area contributed by atoms with E-state index in [1.165, 1.54) is 11.1 Å². The van der Waals surface area contributed by atoms with Crippen molar-refractivity contribution in [3.05, 3.63) is 60.2 Å². The lowest BCUT2D eigenvalue weighted by molar-refractivity contribution is -0.140. The minimum Gasteiger partial charge on any atom is -0.465 e. The molecule has 0 N–H and O–H groups in total. The molecule has 0 spiro atoms. The number of anilines is 1. The third-order valence-corrected chi connectivity index (χ3v) is 5.37. The van der Waals surface area contributed by atoms with Crippen molar-refractivity contribution in [2.75, 3.05) is 24.6 Å². The first kappa shape index (κ1) is 18.4. The zero-order valence-electron chi connectivity index (χ0n) is 15.1. The van der Waals surface area contributed by atoms with Crippen LogP contribution in [-0.4, -0.2) is 45.9 Å². The van der Waals surface area contributed by atoms with Crippen LogP contribution in [0.1, 0.15) is 5.56 Å². The summed E-state index contributed by atoms with van der Waals surface area (Å²) < 4.78 is 6.93. The fourth-order valence-electron chi connectivity index (χ4n) is 3.90. The van der Waals surface area contributed by atoms with Crippen LogP contribution in [0, 0.1) is 11.8 Å². The van der Waals surface area contributed by atoms with Crippen molar-refractivity contribution in [2.45, 2.75) is 6.54 Å². The van der Waals surface area contributed by atoms with E-state index in [1.807, 2.05) is 18.2 Å². The summed E-state index contributed by atoms with van der Waals surface area (Å²) in [7, 11) is 0. The van der Waals surface area contributed by atoms with Crippen molar-refractivity contribution in [1.82, 2.24) is 20.2 Å². The van der Waals surface area contributed by atoms with Crippen LogP contribution in [0.5, 0.6) is 0 Å². The van der Waals surface area contributed by atoms with Gasteiger partial charge < -0.3 is 9.64 Å². The molecule has 3 heterocycles. The number of rotatable bonds is 4. The molecule has 144 valence electrons. The first-order valence-electron chi connectivity index (χ1n) is 9.10. The molecule has 2 fully saturated rings. The van der Waals surface area contributed by atoms with Crippen molar-refractivity contribution in [2.24, 2.45) is 11.8 Å². The molecule has 0 bridgehead atoms. The lowest BCUT2D eigenvalue weighted by Gasteiger charge is -2.17. The number of benzene rings is 2. The summed E-state index contributed by atoms with van der Waals surface area (Å²) in [6.45, 7) is 2.47. The average molecular weight is 398 g/mol. The highest BCUT2D eigenvalue weighted by Crippen LogP contribution is 2.32. The Morgan fingerprint density at radius 1 is 1.00 bits per heavy atom. The van der Waals surface area contributed by atoms with Crippen molar-refractivity contribution < 1.29 is 9.53 Å². The van der Waals surface area contributed by atoms with Gasteiger partial charge in [-0.1, -0.05) is 59.7 Å². The molecule has 7 nitrogen and oxygen atoms in total. The molecule has 28 heavy (non-hydrogen) atoms. The topological polar surface area (TPSA) is 73.1 Å². The third-order valence-electron chi connectivity index (χ3n) is 5.37. The minimum absolute atomic E-state index is 0. The molecule has 3 aromatic rings. The van der Waals surface area contributed by atoms with Gasteiger partial charge in [-0.15, -0.1) is 12.4 Å². The summed E-state index contributed by atoms with van der Waals surface area (Å²) in [5, 5.41) is 12.2. The Hall–Kier alpha value is -2.93. The number of carbonyl (C=O) groups is 1. The smallest absolute Gasteiger partial charge is 0.311 e. The second-order valence-corrected chi connectivity index (χ2v) is 7.10. The van der Waals surface area contributed by atoms with E-state index < -0.39 is 0 Å². The summed E-state index contributed by atoms with van der Waals surface area (Å²) >= 11 is 0. The summed E-state index contributed by atoms with van der Waals surface area (Å²) in [4.78, 5) is 13.9. The van der Waals surface area contributed by atoms with Crippen LogP contribution in [0.15, 0.2) is 54.6 Å². The summed E-state index contributed by atoms with van der Waals surface area (Å²) in [6, 6.07) is 18.7. The van der Waals surface area contributed by atoms with Gasteiger partial charge in [0.05, 0.1) is 19.1 Å². The highest BCUT2D eigenvalue weighted by atomic mass is 35.5. The van der Waals surface area contributed by atoms with Gasteiger partial charge in [0.2, 0.25) is 5.95 Å². The molecule has 0 amide bonds. The van der Waals surface area contributed by atoms with Crippen molar-refractivity contribution in [3.63, 3.8) is 0 Å². The molecular weight excluding hydrogens is 378 g/mol. The maximum atomic E-state index is 11.8. The van der Waals surface area contributed by atoms with Gasteiger partial charge in [0.15, 0.2) is 0 Å². The number of nitrogens with zero attached hydrogens (tertiary/aromatic N) is 5. The van der Waals surface area contributed by atoms with Crippen LogP contribution in [-0.2, 0) is 16.1 Å². The van der Waals surface area contributed by atoms with Gasteiger partial charge in [0, 0.05) is 19.0 Å². The Morgan fingerprint density at radius 2 is 1.75 bits per heavy atom. The Balaban J connectivity index is 0.00000192. The molecule has 5 rings (SSSR count). The van der Waals surface area contributed by atoms with E-state index in [2.05, 4.69) is 56.8 Å². The van der Waals surface area contributed by atoms with E-state index >= 15 is 0 Å². The molecule has 0 saturated carbocycles. The molecule has 1 aromatic heterocycles. The predicted molar refractivity (Wildman–Crippen MR) is 106 cm³/mol. The Bertz CT molecular complexity index is 960. The van der Waals surface area contributed by atoms with Gasteiger partial charge in [-0.05, 0) is 27.1 Å². The first-order chi connectivity index (χ1) is 13.3. The normalized spacial score (nSPS) is 20.6. The fourth-order valence-corrected chi connectivity index (χ4v) is 3.90. The number of hydrogen-bond acceptors (Lipinski definition) is 6. The molecule has 0 radical (unpaired) electrons. The van der Waals surface area contributed by atoms with Gasteiger partial charge in [0.1, 0.15) is 0 Å². The highest BCUT2D eigenvalue weighted by Gasteiger charge is 2.45. The second kappa shape index (κ2) is 7.59. The highest BCUT2D eigenvalue weighted by molar-refractivity contribution is 5.85. The SMILES string of the molecule is Cl.O=C1OC[C@H]2CN(c3nnnn3Cc3ccc(-c4ccccc4)cc3)C[C@@H]12. The lowest BCUT2D eigenvalue weighted by Crippen LogP contribution is -2.27. The van der Waals surface area contributed by atoms with Crippen LogP contribution < -0.4 is 4.90 Å². The molecule has 2 atom stereocenters. The van der Waals surface area contributed by atoms with E-state index in [0.29, 0.717) is 25.6 Å². The van der Waals surface area contributed by atoms with Crippen LogP contribution in [0.2, 0.25) is 0 Å². The average Bonchev–Trinajstić information content (AvgIpc) is 3.41. The second-order valence-electron chi connectivity index (χ2n) is 7.10. The fraction of sp³-hybridized carbons (Fsp3) is 0.300. The summed E-state index contributed by atoms with van der Waals surface area (Å²) in [6.07, 6.45) is 0. The zero-order chi connectivity index (χ0) is 18.2. The van der Waals surface area contributed by atoms with E-state index in [9.17, 15) is 4.79 Å². The number of aromatic nitrogens is 4. The Morgan fingerprint density at radius 3 is 2.50 bits per heavy atom. The van der Waals surface area contributed by atoms with Gasteiger partial charge in [-0.3, -0.25) is 4.79 Å². The van der Waals surface area contributed by atoms with E-state index in [4.69, 9.17) is 4.74 Å². The molecule has 8 heteroatoms. The molecule has 2 aromatic carbocycles. The number of ether oxygens (including phenoxy) is 1. The first-order valence-corrected chi connectivity index (χ1v) is 9.10. The van der Waals surface area contributed by atoms with Gasteiger partial charge >= 0.3 is 5.97 Å². The van der Waals surface area contributed by atoms with E-state index in [0.717, 1.165) is 12.1 Å². The maximum Gasteiger partial charge on any atom is 0.311 e. The van der Waals surface area contributed by atoms with Crippen molar-refractivity contribution >= 4 is 24.3 Å². The van der Waals surface area contributed by atoms with Crippen molar-refractivity contribution in [3.8, 4) is 11.1 Å². The van der Waals surface area contributed by atoms with Crippen LogP contribution in [0.4, 0.5) is 5.95 Å². The molecule has 0 aliphatic carbocycles. The zero-order valence-corrected chi connectivity index (χ0v) is 16.0. The molecule has 2 saturated heterocycles. The maximum absolute atomic E-state index is 11.8. The molecule has 0 unspecified atom stereocenters.